The molecule has 164 valence electrons. The van der Waals surface area contributed by atoms with Crippen molar-refractivity contribution >= 4 is 35.1 Å². The van der Waals surface area contributed by atoms with Crippen LogP contribution in [-0.4, -0.2) is 63.3 Å². The van der Waals surface area contributed by atoms with Gasteiger partial charge in [-0.15, -0.1) is 10.2 Å². The van der Waals surface area contributed by atoms with Gasteiger partial charge in [-0.3, -0.25) is 0 Å². The number of anilines is 2. The molecule has 4 aromatic rings. The summed E-state index contributed by atoms with van der Waals surface area (Å²) in [7, 11) is 3.86. The van der Waals surface area contributed by atoms with E-state index in [9.17, 15) is 10.0 Å². The molecule has 0 saturated heterocycles. The fraction of sp³-hybridized carbons (Fsp3) is 0.238. The van der Waals surface area contributed by atoms with Gasteiger partial charge in [-0.05, 0) is 22.7 Å². The highest BCUT2D eigenvalue weighted by Gasteiger charge is 2.16. The van der Waals surface area contributed by atoms with Crippen LogP contribution < -0.4 is 15.7 Å². The maximum Gasteiger partial charge on any atom is 0.488 e. The van der Waals surface area contributed by atoms with Crippen LogP contribution in [0.3, 0.4) is 0 Å². The number of ether oxygens (including phenoxy) is 1. The molecule has 0 aliphatic carbocycles. The van der Waals surface area contributed by atoms with Gasteiger partial charge in [-0.1, -0.05) is 36.4 Å². The lowest BCUT2D eigenvalue weighted by Crippen LogP contribution is -2.30. The molecular formula is C21H24BN7O3. The second kappa shape index (κ2) is 9.31. The fourth-order valence-electron chi connectivity index (χ4n) is 3.42. The van der Waals surface area contributed by atoms with Gasteiger partial charge in [0.2, 0.25) is 0 Å². The van der Waals surface area contributed by atoms with Crippen LogP contribution in [0.15, 0.2) is 48.7 Å². The van der Waals surface area contributed by atoms with Gasteiger partial charge >= 0.3 is 7.12 Å². The number of nitrogens with zero attached hydrogens (tertiary/aromatic N) is 6. The Kier molecular flexibility index (Phi) is 6.31. The average Bonchev–Trinajstić information content (AvgIpc) is 3.23. The van der Waals surface area contributed by atoms with E-state index in [1.54, 1.807) is 36.2 Å². The van der Waals surface area contributed by atoms with E-state index in [1.165, 1.54) is 0 Å². The molecule has 0 radical (unpaired) electrons. The standard InChI is InChI=1S/C21H24BN7O3/c1-28(2)20-19(23-11-14-6-4-8-16(10-14)22(30)31)25-21(27-26-20)29-18-9-5-7-15(13-32-3)17(18)12-24-29/h4-10,12,30-31H,11,13H2,1-3H3,(H,23,25,27). The normalized spacial score (nSPS) is 11.0. The van der Waals surface area contributed by atoms with Gasteiger partial charge < -0.3 is 25.0 Å². The van der Waals surface area contributed by atoms with Gasteiger partial charge in [-0.2, -0.15) is 14.8 Å². The number of aromatic nitrogens is 5. The molecule has 0 spiro atoms. The van der Waals surface area contributed by atoms with Crippen LogP contribution >= 0.6 is 0 Å². The number of methoxy groups -OCH3 is 1. The quantitative estimate of drug-likeness (QED) is 0.345. The molecule has 11 heteroatoms. The van der Waals surface area contributed by atoms with Crippen LogP contribution in [-0.2, 0) is 17.9 Å². The molecule has 0 fully saturated rings. The van der Waals surface area contributed by atoms with Crippen molar-refractivity contribution in [2.45, 2.75) is 13.2 Å². The van der Waals surface area contributed by atoms with Crippen molar-refractivity contribution in [3.05, 3.63) is 59.8 Å². The zero-order valence-electron chi connectivity index (χ0n) is 18.1. The zero-order chi connectivity index (χ0) is 22.7. The number of rotatable bonds is 8. The Morgan fingerprint density at radius 1 is 1.12 bits per heavy atom. The molecule has 2 aromatic heterocycles. The lowest BCUT2D eigenvalue weighted by molar-refractivity contribution is 0.186. The summed E-state index contributed by atoms with van der Waals surface area (Å²) in [6.07, 6.45) is 1.77. The van der Waals surface area contributed by atoms with E-state index < -0.39 is 7.12 Å². The Hall–Kier alpha value is -3.54. The highest BCUT2D eigenvalue weighted by Crippen LogP contribution is 2.24. The lowest BCUT2D eigenvalue weighted by Gasteiger charge is -2.16. The van der Waals surface area contributed by atoms with Crippen molar-refractivity contribution in [1.29, 1.82) is 0 Å². The molecule has 0 aliphatic rings. The Bertz CT molecular complexity index is 1230. The minimum Gasteiger partial charge on any atom is -0.423 e. The minimum absolute atomic E-state index is 0.335. The summed E-state index contributed by atoms with van der Waals surface area (Å²) in [6.45, 7) is 0.896. The van der Waals surface area contributed by atoms with Crippen LogP contribution in [0.2, 0.25) is 0 Å². The van der Waals surface area contributed by atoms with Gasteiger partial charge in [0.25, 0.3) is 5.95 Å². The third-order valence-corrected chi connectivity index (χ3v) is 4.98. The third-order valence-electron chi connectivity index (χ3n) is 4.98. The minimum atomic E-state index is -1.52. The Labute approximate surface area is 185 Å². The SMILES string of the molecule is COCc1cccc2c1cnn2-c1nnc(N(C)C)c(NCc2cccc(B(O)O)c2)n1. The largest absolute Gasteiger partial charge is 0.488 e. The molecule has 0 amide bonds. The fourth-order valence-corrected chi connectivity index (χ4v) is 3.42. The molecule has 0 saturated carbocycles. The number of hydrogen-bond acceptors (Lipinski definition) is 9. The molecule has 2 heterocycles. The van der Waals surface area contributed by atoms with Crippen LogP contribution in [0, 0.1) is 0 Å². The predicted octanol–water partition coefficient (Wildman–Crippen LogP) is 0.715. The van der Waals surface area contributed by atoms with Gasteiger partial charge in [0.15, 0.2) is 11.6 Å². The second-order valence-electron chi connectivity index (χ2n) is 7.49. The summed E-state index contributed by atoms with van der Waals surface area (Å²) in [5.41, 5.74) is 3.18. The predicted molar refractivity (Wildman–Crippen MR) is 123 cm³/mol. The molecule has 4 rings (SSSR count). The molecule has 3 N–H and O–H groups in total. The van der Waals surface area contributed by atoms with E-state index in [0.717, 1.165) is 22.0 Å². The smallest absolute Gasteiger partial charge is 0.423 e. The van der Waals surface area contributed by atoms with Gasteiger partial charge in [0.05, 0.1) is 18.3 Å². The third kappa shape index (κ3) is 4.40. The monoisotopic (exact) mass is 433 g/mol. The first-order valence-electron chi connectivity index (χ1n) is 10.0. The summed E-state index contributed by atoms with van der Waals surface area (Å²) >= 11 is 0. The zero-order valence-corrected chi connectivity index (χ0v) is 18.1. The van der Waals surface area contributed by atoms with Crippen LogP contribution in [0.25, 0.3) is 16.9 Å². The van der Waals surface area contributed by atoms with Gasteiger partial charge in [0.1, 0.15) is 0 Å². The summed E-state index contributed by atoms with van der Waals surface area (Å²) in [6, 6.07) is 12.9. The number of fused-ring (bicyclic) bond motifs is 1. The van der Waals surface area contributed by atoms with Crippen molar-refractivity contribution in [2.75, 3.05) is 31.4 Å². The maximum absolute atomic E-state index is 9.41. The second-order valence-corrected chi connectivity index (χ2v) is 7.49. The molecule has 10 nitrogen and oxygen atoms in total. The van der Waals surface area contributed by atoms with Gasteiger partial charge in [-0.25, -0.2) is 0 Å². The van der Waals surface area contributed by atoms with Crippen LogP contribution in [0.4, 0.5) is 11.6 Å². The average molecular weight is 433 g/mol. The lowest BCUT2D eigenvalue weighted by atomic mass is 9.80. The van der Waals surface area contributed by atoms with Crippen molar-refractivity contribution in [3.63, 3.8) is 0 Å². The molecule has 32 heavy (non-hydrogen) atoms. The molecule has 0 atom stereocenters. The number of hydrogen-bond donors (Lipinski definition) is 3. The topological polar surface area (TPSA) is 121 Å². The number of nitrogens with one attached hydrogen (secondary N) is 1. The first-order chi connectivity index (χ1) is 15.5. The van der Waals surface area contributed by atoms with Crippen molar-refractivity contribution in [1.82, 2.24) is 25.0 Å². The molecule has 2 aromatic carbocycles. The maximum atomic E-state index is 9.41. The van der Waals surface area contributed by atoms with E-state index in [0.29, 0.717) is 36.2 Å². The first kappa shape index (κ1) is 21.7. The Balaban J connectivity index is 1.68. The highest BCUT2D eigenvalue weighted by molar-refractivity contribution is 6.58. The van der Waals surface area contributed by atoms with Crippen LogP contribution in [0.5, 0.6) is 0 Å². The highest BCUT2D eigenvalue weighted by atomic mass is 16.5. The first-order valence-corrected chi connectivity index (χ1v) is 10.0. The Morgan fingerprint density at radius 3 is 2.69 bits per heavy atom. The summed E-state index contributed by atoms with van der Waals surface area (Å²) in [5, 5.41) is 36.2. The van der Waals surface area contributed by atoms with Crippen molar-refractivity contribution in [2.24, 2.45) is 0 Å². The van der Waals surface area contributed by atoms with Crippen molar-refractivity contribution in [3.8, 4) is 5.95 Å². The van der Waals surface area contributed by atoms with Crippen LogP contribution in [0.1, 0.15) is 11.1 Å². The summed E-state index contributed by atoms with van der Waals surface area (Å²) < 4.78 is 6.93. The summed E-state index contributed by atoms with van der Waals surface area (Å²) in [5.74, 6) is 1.44. The van der Waals surface area contributed by atoms with E-state index in [4.69, 9.17) is 4.74 Å². The van der Waals surface area contributed by atoms with E-state index >= 15 is 0 Å². The molecule has 0 bridgehead atoms. The van der Waals surface area contributed by atoms with E-state index in [1.807, 2.05) is 43.3 Å². The Morgan fingerprint density at radius 2 is 1.94 bits per heavy atom. The molecule has 0 unspecified atom stereocenters. The van der Waals surface area contributed by atoms with Crippen molar-refractivity contribution < 1.29 is 14.8 Å². The molecule has 0 aliphatic heterocycles. The van der Waals surface area contributed by atoms with Gasteiger partial charge in [0, 0.05) is 33.1 Å². The van der Waals surface area contributed by atoms with E-state index in [2.05, 4.69) is 25.6 Å². The summed E-state index contributed by atoms with van der Waals surface area (Å²) in [4.78, 5) is 6.50. The molecular weight excluding hydrogens is 409 g/mol. The number of benzene rings is 2. The van der Waals surface area contributed by atoms with E-state index in [-0.39, 0.29) is 0 Å².